The Hall–Kier alpha value is -2.73. The first kappa shape index (κ1) is 17.7. The second-order valence-electron chi connectivity index (χ2n) is 6.55. The average molecular weight is 386 g/mol. The summed E-state index contributed by atoms with van der Waals surface area (Å²) >= 11 is 5.89. The molecule has 0 N–H and O–H groups in total. The summed E-state index contributed by atoms with van der Waals surface area (Å²) in [6.07, 6.45) is 1.73. The van der Waals surface area contributed by atoms with Gasteiger partial charge >= 0.3 is 0 Å². The molecule has 1 aromatic heterocycles. The van der Waals surface area contributed by atoms with Crippen LogP contribution in [0.2, 0.25) is 5.02 Å². The molecule has 0 bridgehead atoms. The molecule has 1 amide bonds. The summed E-state index contributed by atoms with van der Waals surface area (Å²) in [4.78, 5) is 14.5. The van der Waals surface area contributed by atoms with Crippen LogP contribution in [0.5, 0.6) is 0 Å². The second kappa shape index (κ2) is 7.48. The van der Waals surface area contributed by atoms with Crippen molar-refractivity contribution in [1.29, 1.82) is 0 Å². The number of piperidine rings is 1. The smallest absolute Gasteiger partial charge is 0.253 e. The van der Waals surface area contributed by atoms with Crippen LogP contribution in [0.3, 0.4) is 0 Å². The summed E-state index contributed by atoms with van der Waals surface area (Å²) in [5.41, 5.74) is 1.28. The summed E-state index contributed by atoms with van der Waals surface area (Å²) in [5.74, 6) is 0.488. The highest BCUT2D eigenvalue weighted by atomic mass is 35.5. The first-order valence-electron chi connectivity index (χ1n) is 8.74. The van der Waals surface area contributed by atoms with Gasteiger partial charge in [0.25, 0.3) is 5.91 Å². The molecule has 4 rings (SSSR count). The molecule has 1 saturated heterocycles. The molecule has 0 aliphatic carbocycles. The van der Waals surface area contributed by atoms with Crippen LogP contribution >= 0.6 is 11.6 Å². The lowest BCUT2D eigenvalue weighted by Crippen LogP contribution is -2.39. The van der Waals surface area contributed by atoms with Crippen molar-refractivity contribution in [2.24, 2.45) is 0 Å². The fourth-order valence-electron chi connectivity index (χ4n) is 3.25. The molecule has 27 heavy (non-hydrogen) atoms. The van der Waals surface area contributed by atoms with Crippen LogP contribution in [-0.4, -0.2) is 34.1 Å². The van der Waals surface area contributed by atoms with E-state index in [-0.39, 0.29) is 17.6 Å². The van der Waals surface area contributed by atoms with E-state index in [9.17, 15) is 9.18 Å². The van der Waals surface area contributed by atoms with Crippen LogP contribution < -0.4 is 0 Å². The number of carbonyl (C=O) groups excluding carboxylic acids is 1. The van der Waals surface area contributed by atoms with E-state index in [0.29, 0.717) is 41.0 Å². The minimum Gasteiger partial charge on any atom is -0.420 e. The average Bonchev–Trinajstić information content (AvgIpc) is 3.19. The van der Waals surface area contributed by atoms with Crippen LogP contribution in [0, 0.1) is 5.82 Å². The molecular formula is C20H17ClFN3O2. The fraction of sp³-hybridized carbons (Fsp3) is 0.250. The molecule has 0 spiro atoms. The van der Waals surface area contributed by atoms with Crippen molar-refractivity contribution in [3.8, 4) is 11.5 Å². The standard InChI is InChI=1S/C20H17ClFN3O2/c21-16-7-3-14(4-8-16)20(26)25-11-1-2-15(12-25)19-24-23-18(27-19)13-5-9-17(22)10-6-13/h3-10,15H,1-2,11-12H2. The Morgan fingerprint density at radius 2 is 1.85 bits per heavy atom. The Morgan fingerprint density at radius 1 is 1.11 bits per heavy atom. The molecule has 2 aromatic carbocycles. The summed E-state index contributed by atoms with van der Waals surface area (Å²) < 4.78 is 18.9. The molecule has 2 heterocycles. The van der Waals surface area contributed by atoms with Gasteiger partial charge in [-0.25, -0.2) is 4.39 Å². The van der Waals surface area contributed by atoms with E-state index < -0.39 is 0 Å². The van der Waals surface area contributed by atoms with Gasteiger partial charge in [0.2, 0.25) is 11.8 Å². The molecule has 1 atom stereocenters. The van der Waals surface area contributed by atoms with Crippen LogP contribution in [0.1, 0.15) is 35.0 Å². The second-order valence-corrected chi connectivity index (χ2v) is 6.99. The van der Waals surface area contributed by atoms with Gasteiger partial charge in [-0.05, 0) is 61.4 Å². The zero-order valence-corrected chi connectivity index (χ0v) is 15.2. The van der Waals surface area contributed by atoms with E-state index in [1.807, 2.05) is 0 Å². The Labute approximate surface area is 160 Å². The normalized spacial score (nSPS) is 17.1. The van der Waals surface area contributed by atoms with Crippen LogP contribution in [0.25, 0.3) is 11.5 Å². The number of hydrogen-bond donors (Lipinski definition) is 0. The third kappa shape index (κ3) is 3.85. The van der Waals surface area contributed by atoms with E-state index in [2.05, 4.69) is 10.2 Å². The number of amides is 1. The number of benzene rings is 2. The van der Waals surface area contributed by atoms with Crippen molar-refractivity contribution < 1.29 is 13.6 Å². The van der Waals surface area contributed by atoms with Crippen LogP contribution in [0.4, 0.5) is 4.39 Å². The number of rotatable bonds is 3. The van der Waals surface area contributed by atoms with Gasteiger partial charge in [0.05, 0.1) is 5.92 Å². The van der Waals surface area contributed by atoms with Gasteiger partial charge < -0.3 is 9.32 Å². The number of carbonyl (C=O) groups is 1. The molecule has 1 aliphatic rings. The molecule has 5 nitrogen and oxygen atoms in total. The Balaban J connectivity index is 1.49. The fourth-order valence-corrected chi connectivity index (χ4v) is 3.37. The van der Waals surface area contributed by atoms with Gasteiger partial charge in [-0.2, -0.15) is 0 Å². The number of hydrogen-bond acceptors (Lipinski definition) is 4. The summed E-state index contributed by atoms with van der Waals surface area (Å²) in [6.45, 7) is 1.21. The maximum Gasteiger partial charge on any atom is 0.253 e. The van der Waals surface area contributed by atoms with Crippen molar-refractivity contribution in [3.63, 3.8) is 0 Å². The monoisotopic (exact) mass is 385 g/mol. The van der Waals surface area contributed by atoms with Gasteiger partial charge in [-0.1, -0.05) is 11.6 Å². The van der Waals surface area contributed by atoms with Crippen molar-refractivity contribution in [3.05, 3.63) is 70.8 Å². The topological polar surface area (TPSA) is 59.2 Å². The molecule has 7 heteroatoms. The zero-order chi connectivity index (χ0) is 18.8. The summed E-state index contributed by atoms with van der Waals surface area (Å²) in [7, 11) is 0. The predicted molar refractivity (Wildman–Crippen MR) is 99.0 cm³/mol. The van der Waals surface area contributed by atoms with Crippen LogP contribution in [0.15, 0.2) is 52.9 Å². The lowest BCUT2D eigenvalue weighted by atomic mass is 9.97. The van der Waals surface area contributed by atoms with Gasteiger partial charge in [-0.3, -0.25) is 4.79 Å². The molecule has 138 valence electrons. The minimum atomic E-state index is -0.317. The predicted octanol–water partition coefficient (Wildman–Crippen LogP) is 4.55. The van der Waals surface area contributed by atoms with Gasteiger partial charge in [0.1, 0.15) is 5.82 Å². The van der Waals surface area contributed by atoms with Crippen molar-refractivity contribution in [1.82, 2.24) is 15.1 Å². The van der Waals surface area contributed by atoms with Crippen molar-refractivity contribution in [2.75, 3.05) is 13.1 Å². The molecule has 0 saturated carbocycles. The highest BCUT2D eigenvalue weighted by Gasteiger charge is 2.29. The molecule has 1 unspecified atom stereocenters. The number of halogens is 2. The summed E-state index contributed by atoms with van der Waals surface area (Å²) in [5, 5.41) is 8.82. The Bertz CT molecular complexity index is 941. The van der Waals surface area contributed by atoms with E-state index in [1.54, 1.807) is 41.3 Å². The Kier molecular flexibility index (Phi) is 4.90. The van der Waals surface area contributed by atoms with Gasteiger partial charge in [0, 0.05) is 29.2 Å². The van der Waals surface area contributed by atoms with E-state index in [0.717, 1.165) is 12.8 Å². The number of aromatic nitrogens is 2. The number of likely N-dealkylation sites (tertiary alicyclic amines) is 1. The van der Waals surface area contributed by atoms with E-state index >= 15 is 0 Å². The highest BCUT2D eigenvalue weighted by Crippen LogP contribution is 2.29. The molecule has 3 aromatic rings. The Morgan fingerprint density at radius 3 is 2.59 bits per heavy atom. The third-order valence-electron chi connectivity index (χ3n) is 4.68. The lowest BCUT2D eigenvalue weighted by Gasteiger charge is -2.31. The largest absolute Gasteiger partial charge is 0.420 e. The first-order valence-corrected chi connectivity index (χ1v) is 9.12. The quantitative estimate of drug-likeness (QED) is 0.663. The highest BCUT2D eigenvalue weighted by molar-refractivity contribution is 6.30. The first-order chi connectivity index (χ1) is 13.1. The van der Waals surface area contributed by atoms with Crippen molar-refractivity contribution >= 4 is 17.5 Å². The number of nitrogens with zero attached hydrogens (tertiary/aromatic N) is 3. The molecule has 0 radical (unpaired) electrons. The molecule has 1 aliphatic heterocycles. The lowest BCUT2D eigenvalue weighted by molar-refractivity contribution is 0.0698. The maximum absolute atomic E-state index is 13.1. The maximum atomic E-state index is 13.1. The zero-order valence-electron chi connectivity index (χ0n) is 14.4. The SMILES string of the molecule is O=C(c1ccc(Cl)cc1)N1CCCC(c2nnc(-c3ccc(F)cc3)o2)C1. The van der Waals surface area contributed by atoms with Crippen LogP contribution in [-0.2, 0) is 0 Å². The summed E-state index contributed by atoms with van der Waals surface area (Å²) in [6, 6.07) is 12.8. The van der Waals surface area contributed by atoms with E-state index in [1.165, 1.54) is 12.1 Å². The van der Waals surface area contributed by atoms with Gasteiger partial charge in [0.15, 0.2) is 0 Å². The van der Waals surface area contributed by atoms with E-state index in [4.69, 9.17) is 16.0 Å². The minimum absolute atomic E-state index is 0.0169. The molecule has 1 fully saturated rings. The van der Waals surface area contributed by atoms with Crippen molar-refractivity contribution in [2.45, 2.75) is 18.8 Å². The molecular weight excluding hydrogens is 369 g/mol. The third-order valence-corrected chi connectivity index (χ3v) is 4.93. The van der Waals surface area contributed by atoms with Gasteiger partial charge in [-0.15, -0.1) is 10.2 Å².